The molecule has 5 nitrogen and oxygen atoms in total. The Morgan fingerprint density at radius 3 is 2.43 bits per heavy atom. The zero-order chi connectivity index (χ0) is 20.1. The van der Waals surface area contributed by atoms with E-state index in [0.29, 0.717) is 17.6 Å². The Morgan fingerprint density at radius 1 is 1.14 bits per heavy atom. The van der Waals surface area contributed by atoms with Crippen LogP contribution in [0.5, 0.6) is 0 Å². The Hall–Kier alpha value is -2.60. The van der Waals surface area contributed by atoms with Crippen LogP contribution in [-0.4, -0.2) is 33.7 Å². The molecule has 0 radical (unpaired) electrons. The second-order valence-corrected chi connectivity index (χ2v) is 8.12. The first kappa shape index (κ1) is 20.1. The molecule has 3 rings (SSSR count). The molecule has 0 aliphatic carbocycles. The molecule has 0 bridgehead atoms. The van der Waals surface area contributed by atoms with E-state index < -0.39 is 5.25 Å². The Bertz CT molecular complexity index is 863. The molecule has 1 unspecified atom stereocenters. The van der Waals surface area contributed by atoms with Gasteiger partial charge in [-0.3, -0.25) is 14.5 Å². The van der Waals surface area contributed by atoms with Gasteiger partial charge >= 0.3 is 0 Å². The van der Waals surface area contributed by atoms with Gasteiger partial charge in [0.1, 0.15) is 5.25 Å². The minimum Gasteiger partial charge on any atom is -0.326 e. The van der Waals surface area contributed by atoms with E-state index in [4.69, 9.17) is 0 Å². The number of rotatable bonds is 6. The van der Waals surface area contributed by atoms with Crippen LogP contribution in [0.4, 0.5) is 11.4 Å². The fraction of sp³-hybridized carbons (Fsp3) is 0.318. The van der Waals surface area contributed by atoms with E-state index in [0.717, 1.165) is 11.4 Å². The topological polar surface area (TPSA) is 61.8 Å². The quantitative estimate of drug-likeness (QED) is 0.765. The van der Waals surface area contributed by atoms with Crippen molar-refractivity contribution in [3.63, 3.8) is 0 Å². The predicted molar refractivity (Wildman–Crippen MR) is 116 cm³/mol. The van der Waals surface area contributed by atoms with Crippen LogP contribution in [0.15, 0.2) is 59.6 Å². The number of aliphatic imine (C=N–C) groups is 1. The number of carbonyl (C=O) groups excluding carboxylic acids is 2. The lowest BCUT2D eigenvalue weighted by Crippen LogP contribution is -2.33. The van der Waals surface area contributed by atoms with Crippen LogP contribution in [0.1, 0.15) is 38.7 Å². The molecule has 0 saturated carbocycles. The van der Waals surface area contributed by atoms with Crippen LogP contribution < -0.4 is 5.32 Å². The van der Waals surface area contributed by atoms with Crippen molar-refractivity contribution < 1.29 is 9.59 Å². The highest BCUT2D eigenvalue weighted by Crippen LogP contribution is 2.32. The molecular weight excluding hydrogens is 370 g/mol. The molecule has 1 heterocycles. The smallest absolute Gasteiger partial charge is 0.242 e. The third kappa shape index (κ3) is 4.81. The van der Waals surface area contributed by atoms with Crippen molar-refractivity contribution in [1.82, 2.24) is 4.90 Å². The fourth-order valence-corrected chi connectivity index (χ4v) is 4.18. The maximum absolute atomic E-state index is 12.7. The Balaban J connectivity index is 1.70. The molecule has 146 valence electrons. The van der Waals surface area contributed by atoms with Gasteiger partial charge in [-0.2, -0.15) is 0 Å². The van der Waals surface area contributed by atoms with Crippen LogP contribution in [0, 0.1) is 0 Å². The molecule has 1 saturated heterocycles. The van der Waals surface area contributed by atoms with E-state index in [9.17, 15) is 9.59 Å². The number of benzene rings is 2. The second-order valence-electron chi connectivity index (χ2n) is 6.95. The molecule has 1 aliphatic heterocycles. The van der Waals surface area contributed by atoms with Gasteiger partial charge in [0.25, 0.3) is 0 Å². The van der Waals surface area contributed by atoms with Crippen molar-refractivity contribution in [2.45, 2.75) is 38.4 Å². The zero-order valence-corrected chi connectivity index (χ0v) is 17.2. The number of thioether (sulfide) groups is 1. The summed E-state index contributed by atoms with van der Waals surface area (Å²) in [4.78, 5) is 31.4. The summed E-state index contributed by atoms with van der Waals surface area (Å²) >= 11 is 1.36. The van der Waals surface area contributed by atoms with Crippen LogP contribution in [0.2, 0.25) is 0 Å². The average molecular weight is 396 g/mol. The lowest BCUT2D eigenvalue weighted by molar-refractivity contribution is -0.128. The summed E-state index contributed by atoms with van der Waals surface area (Å²) in [5.74, 6) is 0.229. The summed E-state index contributed by atoms with van der Waals surface area (Å²) in [5, 5.41) is 3.05. The lowest BCUT2D eigenvalue weighted by Gasteiger charge is -2.13. The molecular formula is C22H25N3O2S. The van der Waals surface area contributed by atoms with Crippen molar-refractivity contribution in [3.05, 3.63) is 60.2 Å². The minimum atomic E-state index is -0.447. The maximum atomic E-state index is 12.7. The zero-order valence-electron chi connectivity index (χ0n) is 16.4. The van der Waals surface area contributed by atoms with E-state index in [2.05, 4.69) is 36.3 Å². The van der Waals surface area contributed by atoms with Crippen molar-refractivity contribution in [2.75, 3.05) is 11.9 Å². The van der Waals surface area contributed by atoms with E-state index in [1.54, 1.807) is 4.90 Å². The molecule has 2 aromatic carbocycles. The molecule has 1 aliphatic rings. The van der Waals surface area contributed by atoms with E-state index in [1.807, 2.05) is 49.4 Å². The van der Waals surface area contributed by atoms with Gasteiger partial charge in [-0.25, -0.2) is 4.99 Å². The van der Waals surface area contributed by atoms with Crippen molar-refractivity contribution >= 4 is 40.1 Å². The van der Waals surface area contributed by atoms with Crippen LogP contribution in [-0.2, 0) is 9.59 Å². The van der Waals surface area contributed by atoms with Gasteiger partial charge in [-0.15, -0.1) is 0 Å². The first-order valence-corrected chi connectivity index (χ1v) is 10.4. The molecule has 0 spiro atoms. The van der Waals surface area contributed by atoms with Gasteiger partial charge in [-0.1, -0.05) is 55.9 Å². The number of hydrogen-bond donors (Lipinski definition) is 1. The molecule has 1 N–H and O–H groups in total. The number of para-hydroxylation sites is 1. The Kier molecular flexibility index (Phi) is 6.52. The van der Waals surface area contributed by atoms with E-state index >= 15 is 0 Å². The summed E-state index contributed by atoms with van der Waals surface area (Å²) in [6.07, 6.45) is 0.125. The first-order chi connectivity index (χ1) is 13.5. The number of amides is 2. The highest BCUT2D eigenvalue weighted by Gasteiger charge is 2.38. The van der Waals surface area contributed by atoms with Gasteiger partial charge < -0.3 is 5.32 Å². The third-order valence-corrected chi connectivity index (χ3v) is 5.72. The summed E-state index contributed by atoms with van der Waals surface area (Å²) in [6.45, 7) is 6.75. The van der Waals surface area contributed by atoms with Crippen molar-refractivity contribution in [1.29, 1.82) is 0 Å². The molecule has 2 amide bonds. The standard InChI is InChI=1S/C22H25N3O2S/c1-4-25-21(27)19(14-20(26)23-17-8-6-5-7-9-17)28-22(25)24-18-12-10-16(11-13-18)15(2)3/h5-13,15,19H,4,14H2,1-3H3,(H,23,26). The van der Waals surface area contributed by atoms with Gasteiger partial charge in [0.05, 0.1) is 5.69 Å². The van der Waals surface area contributed by atoms with Crippen molar-refractivity contribution in [2.24, 2.45) is 4.99 Å². The Morgan fingerprint density at radius 2 is 1.82 bits per heavy atom. The second kappa shape index (κ2) is 9.06. The van der Waals surface area contributed by atoms with Crippen LogP contribution in [0.25, 0.3) is 0 Å². The summed E-state index contributed by atoms with van der Waals surface area (Å²) in [6, 6.07) is 17.3. The normalized spacial score (nSPS) is 18.1. The highest BCUT2D eigenvalue weighted by molar-refractivity contribution is 8.15. The number of amidine groups is 1. The molecule has 1 atom stereocenters. The molecule has 2 aromatic rings. The highest BCUT2D eigenvalue weighted by atomic mass is 32.2. The van der Waals surface area contributed by atoms with Crippen molar-refractivity contribution in [3.8, 4) is 0 Å². The molecule has 1 fully saturated rings. The monoisotopic (exact) mass is 395 g/mol. The summed E-state index contributed by atoms with van der Waals surface area (Å²) < 4.78 is 0. The van der Waals surface area contributed by atoms with E-state index in [1.165, 1.54) is 17.3 Å². The molecule has 0 aromatic heterocycles. The molecule has 6 heteroatoms. The average Bonchev–Trinajstić information content (AvgIpc) is 2.97. The number of anilines is 1. The number of nitrogens with one attached hydrogen (secondary N) is 1. The van der Waals surface area contributed by atoms with E-state index in [-0.39, 0.29) is 18.2 Å². The fourth-order valence-electron chi connectivity index (χ4n) is 2.96. The largest absolute Gasteiger partial charge is 0.326 e. The van der Waals surface area contributed by atoms with Crippen LogP contribution >= 0.6 is 11.8 Å². The maximum Gasteiger partial charge on any atom is 0.242 e. The number of nitrogens with zero attached hydrogens (tertiary/aromatic N) is 2. The van der Waals surface area contributed by atoms with Gasteiger partial charge in [0.2, 0.25) is 11.8 Å². The lowest BCUT2D eigenvalue weighted by atomic mass is 10.0. The van der Waals surface area contributed by atoms with Crippen LogP contribution in [0.3, 0.4) is 0 Å². The molecule has 28 heavy (non-hydrogen) atoms. The van der Waals surface area contributed by atoms with Gasteiger partial charge in [0.15, 0.2) is 5.17 Å². The van der Waals surface area contributed by atoms with Gasteiger partial charge in [0, 0.05) is 18.7 Å². The minimum absolute atomic E-state index is 0.0618. The first-order valence-electron chi connectivity index (χ1n) is 9.49. The summed E-state index contributed by atoms with van der Waals surface area (Å²) in [7, 11) is 0. The SMILES string of the molecule is CCN1C(=O)C(CC(=O)Nc2ccccc2)SC1=Nc1ccc(C(C)C)cc1. The predicted octanol–water partition coefficient (Wildman–Crippen LogP) is 4.79. The number of carbonyl (C=O) groups is 2. The number of hydrogen-bond acceptors (Lipinski definition) is 4. The van der Waals surface area contributed by atoms with Gasteiger partial charge in [-0.05, 0) is 42.7 Å². The summed E-state index contributed by atoms with van der Waals surface area (Å²) in [5.41, 5.74) is 2.80. The Labute approximate surface area is 170 Å². The third-order valence-electron chi connectivity index (χ3n) is 4.55.